The summed E-state index contributed by atoms with van der Waals surface area (Å²) in [7, 11) is 0. The molecule has 5 rings (SSSR count). The van der Waals surface area contributed by atoms with Crippen molar-refractivity contribution < 1.29 is 23.1 Å². The van der Waals surface area contributed by atoms with Crippen molar-refractivity contribution in [2.24, 2.45) is 0 Å². The molecule has 2 aliphatic rings. The molecule has 0 unspecified atom stereocenters. The van der Waals surface area contributed by atoms with E-state index >= 15 is 0 Å². The quantitative estimate of drug-likeness (QED) is 0.601. The molecule has 2 aliphatic heterocycles. The largest absolute Gasteiger partial charge is 0.488 e. The number of benzene rings is 2. The number of halogens is 2. The molecule has 1 aromatic heterocycles. The lowest BCUT2D eigenvalue weighted by molar-refractivity contribution is 0.0537. The van der Waals surface area contributed by atoms with Gasteiger partial charge in [-0.15, -0.1) is 11.3 Å². The summed E-state index contributed by atoms with van der Waals surface area (Å²) in [5, 5.41) is 0. The van der Waals surface area contributed by atoms with Crippen LogP contribution < -0.4 is 4.74 Å². The summed E-state index contributed by atoms with van der Waals surface area (Å²) < 4.78 is 32.3. The zero-order valence-corrected chi connectivity index (χ0v) is 17.3. The van der Waals surface area contributed by atoms with Gasteiger partial charge < -0.3 is 14.5 Å². The van der Waals surface area contributed by atoms with Gasteiger partial charge in [0.15, 0.2) is 11.6 Å². The second-order valence-electron chi connectivity index (χ2n) is 7.46. The molecule has 0 radical (unpaired) electrons. The van der Waals surface area contributed by atoms with Crippen LogP contribution in [-0.4, -0.2) is 47.8 Å². The molecule has 3 heterocycles. The Balaban J connectivity index is 1.27. The number of para-hydroxylation sites is 1. The molecule has 0 spiro atoms. The highest BCUT2D eigenvalue weighted by atomic mass is 32.1. The number of fused-ring (bicyclic) bond motifs is 3. The molecule has 3 aromatic rings. The summed E-state index contributed by atoms with van der Waals surface area (Å²) in [5.74, 6) is -1.66. The highest BCUT2D eigenvalue weighted by molar-refractivity contribution is 7.17. The van der Waals surface area contributed by atoms with Crippen LogP contribution in [0.2, 0.25) is 0 Å². The van der Waals surface area contributed by atoms with Crippen molar-refractivity contribution >= 4 is 23.2 Å². The molecule has 8 heteroatoms. The van der Waals surface area contributed by atoms with E-state index in [9.17, 15) is 18.4 Å². The van der Waals surface area contributed by atoms with E-state index < -0.39 is 11.6 Å². The zero-order chi connectivity index (χ0) is 21.5. The molecule has 2 amide bonds. The van der Waals surface area contributed by atoms with Gasteiger partial charge in [0.05, 0.1) is 4.88 Å². The Morgan fingerprint density at radius 3 is 2.32 bits per heavy atom. The Labute approximate surface area is 181 Å². The Morgan fingerprint density at radius 1 is 0.871 bits per heavy atom. The molecule has 5 nitrogen and oxygen atoms in total. The third-order valence-electron chi connectivity index (χ3n) is 5.56. The van der Waals surface area contributed by atoms with Gasteiger partial charge in [0.25, 0.3) is 11.8 Å². The third-order valence-corrected chi connectivity index (χ3v) is 6.75. The fraction of sp³-hybridized carbons (Fsp3) is 0.217. The van der Waals surface area contributed by atoms with Crippen molar-refractivity contribution in [3.05, 3.63) is 76.2 Å². The number of thiophene rings is 1. The standard InChI is InChI=1S/C23H18F2N2O3S/c24-17-6-5-14(11-18(17)25)22(28)26-7-9-27(10-8-26)23(29)20-12-15-13-30-19-4-2-1-3-16(19)21(15)31-20/h1-6,11-12H,7-10,13H2. The fourth-order valence-corrected chi connectivity index (χ4v) is 5.05. The maximum atomic E-state index is 13.4. The van der Waals surface area contributed by atoms with Crippen LogP contribution >= 0.6 is 11.3 Å². The van der Waals surface area contributed by atoms with Crippen LogP contribution in [0.15, 0.2) is 48.5 Å². The van der Waals surface area contributed by atoms with E-state index in [0.717, 1.165) is 33.9 Å². The lowest BCUT2D eigenvalue weighted by Gasteiger charge is -2.34. The number of carbonyl (C=O) groups is 2. The first-order valence-electron chi connectivity index (χ1n) is 9.90. The molecule has 0 aliphatic carbocycles. The van der Waals surface area contributed by atoms with E-state index in [2.05, 4.69) is 0 Å². The van der Waals surface area contributed by atoms with Crippen LogP contribution in [0.4, 0.5) is 8.78 Å². The fourth-order valence-electron chi connectivity index (χ4n) is 3.89. The van der Waals surface area contributed by atoms with Gasteiger partial charge in [0.1, 0.15) is 12.4 Å². The topological polar surface area (TPSA) is 49.9 Å². The summed E-state index contributed by atoms with van der Waals surface area (Å²) in [6.07, 6.45) is 0. The molecular weight excluding hydrogens is 422 g/mol. The number of ether oxygens (including phenoxy) is 1. The van der Waals surface area contributed by atoms with Crippen LogP contribution in [0, 0.1) is 11.6 Å². The number of piperazine rings is 1. The van der Waals surface area contributed by atoms with Gasteiger partial charge in [-0.25, -0.2) is 8.78 Å². The molecule has 0 N–H and O–H groups in total. The molecule has 0 saturated carbocycles. The Hall–Kier alpha value is -3.26. The van der Waals surface area contributed by atoms with Crippen molar-refractivity contribution in [1.82, 2.24) is 9.80 Å². The van der Waals surface area contributed by atoms with Gasteiger partial charge in [-0.2, -0.15) is 0 Å². The predicted octanol–water partition coefficient (Wildman–Crippen LogP) is 4.18. The second kappa shape index (κ2) is 7.77. The van der Waals surface area contributed by atoms with Crippen LogP contribution in [-0.2, 0) is 6.61 Å². The molecule has 31 heavy (non-hydrogen) atoms. The second-order valence-corrected chi connectivity index (χ2v) is 8.52. The number of rotatable bonds is 2. The first kappa shape index (κ1) is 19.7. The van der Waals surface area contributed by atoms with Gasteiger partial charge in [-0.3, -0.25) is 9.59 Å². The van der Waals surface area contributed by atoms with E-state index in [4.69, 9.17) is 4.74 Å². The normalized spacial score (nSPS) is 15.2. The number of hydrogen-bond acceptors (Lipinski definition) is 4. The van der Waals surface area contributed by atoms with Crippen molar-refractivity contribution in [2.75, 3.05) is 26.2 Å². The highest BCUT2D eigenvalue weighted by Crippen LogP contribution is 2.42. The van der Waals surface area contributed by atoms with Crippen molar-refractivity contribution in [1.29, 1.82) is 0 Å². The first-order chi connectivity index (χ1) is 15.0. The highest BCUT2D eigenvalue weighted by Gasteiger charge is 2.29. The minimum absolute atomic E-state index is 0.0724. The van der Waals surface area contributed by atoms with E-state index in [1.807, 2.05) is 30.3 Å². The zero-order valence-electron chi connectivity index (χ0n) is 16.4. The van der Waals surface area contributed by atoms with E-state index in [1.165, 1.54) is 17.4 Å². The average molecular weight is 440 g/mol. The SMILES string of the molecule is O=C(c1ccc(F)c(F)c1)N1CCN(C(=O)c2cc3c(s2)-c2ccccc2OC3)CC1. The van der Waals surface area contributed by atoms with Crippen molar-refractivity contribution in [2.45, 2.75) is 6.61 Å². The smallest absolute Gasteiger partial charge is 0.264 e. The molecule has 158 valence electrons. The van der Waals surface area contributed by atoms with Crippen LogP contribution in [0.25, 0.3) is 10.4 Å². The minimum Gasteiger partial charge on any atom is -0.488 e. The van der Waals surface area contributed by atoms with E-state index in [-0.39, 0.29) is 17.4 Å². The maximum Gasteiger partial charge on any atom is 0.264 e. The summed E-state index contributed by atoms with van der Waals surface area (Å²) in [5.41, 5.74) is 2.09. The average Bonchev–Trinajstić information content (AvgIpc) is 3.25. The molecular formula is C23H18F2N2O3S. The van der Waals surface area contributed by atoms with Crippen molar-refractivity contribution in [3.63, 3.8) is 0 Å². The summed E-state index contributed by atoms with van der Waals surface area (Å²) in [4.78, 5) is 30.6. The number of amides is 2. The third kappa shape index (κ3) is 3.57. The summed E-state index contributed by atoms with van der Waals surface area (Å²) >= 11 is 1.46. The summed E-state index contributed by atoms with van der Waals surface area (Å²) in [6.45, 7) is 1.86. The van der Waals surface area contributed by atoms with Gasteiger partial charge in [0, 0.05) is 47.7 Å². The van der Waals surface area contributed by atoms with Gasteiger partial charge >= 0.3 is 0 Å². The van der Waals surface area contributed by atoms with Crippen LogP contribution in [0.5, 0.6) is 5.75 Å². The molecule has 2 aromatic carbocycles. The van der Waals surface area contributed by atoms with Gasteiger partial charge in [0.2, 0.25) is 0 Å². The Kier molecular flexibility index (Phi) is 4.94. The monoisotopic (exact) mass is 440 g/mol. The molecule has 0 bridgehead atoms. The number of nitrogens with zero attached hydrogens (tertiary/aromatic N) is 2. The van der Waals surface area contributed by atoms with E-state index in [1.54, 1.807) is 9.80 Å². The summed E-state index contributed by atoms with van der Waals surface area (Å²) in [6, 6.07) is 12.8. The predicted molar refractivity (Wildman–Crippen MR) is 112 cm³/mol. The number of carbonyl (C=O) groups excluding carboxylic acids is 2. The minimum atomic E-state index is -1.05. The lowest BCUT2D eigenvalue weighted by Crippen LogP contribution is -2.50. The van der Waals surface area contributed by atoms with Gasteiger partial charge in [-0.05, 0) is 36.4 Å². The van der Waals surface area contributed by atoms with Crippen molar-refractivity contribution in [3.8, 4) is 16.2 Å². The van der Waals surface area contributed by atoms with Crippen LogP contribution in [0.3, 0.4) is 0 Å². The molecule has 1 saturated heterocycles. The first-order valence-corrected chi connectivity index (χ1v) is 10.7. The van der Waals surface area contributed by atoms with E-state index in [0.29, 0.717) is 37.7 Å². The Bertz CT molecular complexity index is 1190. The van der Waals surface area contributed by atoms with Gasteiger partial charge in [-0.1, -0.05) is 12.1 Å². The number of hydrogen-bond donors (Lipinski definition) is 0. The van der Waals surface area contributed by atoms with Crippen LogP contribution in [0.1, 0.15) is 25.6 Å². The maximum absolute atomic E-state index is 13.4. The molecule has 0 atom stereocenters. The lowest BCUT2D eigenvalue weighted by atomic mass is 10.1. The Morgan fingerprint density at radius 2 is 1.58 bits per heavy atom. The molecule has 1 fully saturated rings.